The van der Waals surface area contributed by atoms with Gasteiger partial charge in [-0.2, -0.15) is 0 Å². The van der Waals surface area contributed by atoms with Crippen molar-refractivity contribution < 1.29 is 23.6 Å². The minimum Gasteiger partial charge on any atom is -0.467 e. The Bertz CT molecular complexity index is 889. The molecule has 1 aliphatic carbocycles. The summed E-state index contributed by atoms with van der Waals surface area (Å²) >= 11 is 0. The van der Waals surface area contributed by atoms with Gasteiger partial charge in [0.05, 0.1) is 19.4 Å². The van der Waals surface area contributed by atoms with E-state index in [-0.39, 0.29) is 6.54 Å². The molecule has 26 heavy (non-hydrogen) atoms. The lowest BCUT2D eigenvalue weighted by atomic mass is 9.87. The summed E-state index contributed by atoms with van der Waals surface area (Å²) < 4.78 is 5.11. The van der Waals surface area contributed by atoms with Crippen LogP contribution in [0.2, 0.25) is 0 Å². The van der Waals surface area contributed by atoms with Crippen molar-refractivity contribution in [1.82, 2.24) is 9.80 Å². The molecule has 0 spiro atoms. The average molecular weight is 354 g/mol. The zero-order valence-corrected chi connectivity index (χ0v) is 14.6. The van der Waals surface area contributed by atoms with E-state index in [0.717, 1.165) is 16.0 Å². The zero-order valence-electron chi connectivity index (χ0n) is 14.6. The van der Waals surface area contributed by atoms with Gasteiger partial charge in [0, 0.05) is 5.57 Å². The normalized spacial score (nSPS) is 18.2. The predicted molar refractivity (Wildman–Crippen MR) is 91.6 cm³/mol. The van der Waals surface area contributed by atoms with Gasteiger partial charge in [-0.15, -0.1) is 0 Å². The Labute approximate surface area is 150 Å². The summed E-state index contributed by atoms with van der Waals surface area (Å²) in [6.07, 6.45) is 3.84. The molecule has 0 aromatic carbocycles. The summed E-state index contributed by atoms with van der Waals surface area (Å²) in [5.74, 6) is -2.03. The number of furan rings is 1. The summed E-state index contributed by atoms with van der Waals surface area (Å²) in [6.45, 7) is 6.99. The number of amides is 4. The minimum absolute atomic E-state index is 0.155. The van der Waals surface area contributed by atoms with Crippen molar-refractivity contribution in [3.8, 4) is 0 Å². The van der Waals surface area contributed by atoms with E-state index in [0.29, 0.717) is 28.2 Å². The Hall–Kier alpha value is -3.22. The smallest absolute Gasteiger partial charge is 0.335 e. The van der Waals surface area contributed by atoms with E-state index in [1.165, 1.54) is 6.26 Å². The van der Waals surface area contributed by atoms with Crippen molar-refractivity contribution in [1.29, 1.82) is 0 Å². The van der Waals surface area contributed by atoms with Gasteiger partial charge in [0.15, 0.2) is 5.78 Å². The van der Waals surface area contributed by atoms with Gasteiger partial charge in [-0.05, 0) is 43.5 Å². The van der Waals surface area contributed by atoms with Crippen molar-refractivity contribution in [3.05, 3.63) is 59.1 Å². The third kappa shape index (κ3) is 3.03. The maximum Gasteiger partial charge on any atom is 0.335 e. The number of rotatable bonds is 5. The lowest BCUT2D eigenvalue weighted by Crippen LogP contribution is -2.37. The molecular weight excluding hydrogens is 336 g/mol. The first-order chi connectivity index (χ1) is 12.3. The van der Waals surface area contributed by atoms with Crippen LogP contribution in [0, 0.1) is 0 Å². The van der Waals surface area contributed by atoms with Gasteiger partial charge in [-0.25, -0.2) is 14.6 Å². The summed E-state index contributed by atoms with van der Waals surface area (Å²) in [5, 5.41) is 0. The number of carbonyl (C=O) groups excluding carboxylic acids is 4. The van der Waals surface area contributed by atoms with E-state index < -0.39 is 30.2 Å². The number of allylic oxidation sites excluding steroid dienone is 4. The fourth-order valence-electron chi connectivity index (χ4n) is 3.22. The number of hydrogen-bond acceptors (Lipinski definition) is 5. The van der Waals surface area contributed by atoms with Crippen LogP contribution in [0.4, 0.5) is 4.79 Å². The Morgan fingerprint density at radius 3 is 2.50 bits per heavy atom. The molecule has 2 aliphatic rings. The molecule has 7 nitrogen and oxygen atoms in total. The predicted octanol–water partition coefficient (Wildman–Crippen LogP) is 2.36. The third-order valence-corrected chi connectivity index (χ3v) is 4.31. The second-order valence-corrected chi connectivity index (χ2v) is 6.40. The van der Waals surface area contributed by atoms with Crippen LogP contribution in [0.3, 0.4) is 0 Å². The molecule has 1 saturated heterocycles. The van der Waals surface area contributed by atoms with Gasteiger partial charge < -0.3 is 4.42 Å². The van der Waals surface area contributed by atoms with Gasteiger partial charge in [0.25, 0.3) is 0 Å². The maximum atomic E-state index is 12.7. The first-order valence-corrected chi connectivity index (χ1v) is 8.08. The second-order valence-electron chi connectivity index (χ2n) is 6.40. The highest BCUT2D eigenvalue weighted by molar-refractivity contribution is 6.45. The average Bonchev–Trinajstić information content (AvgIpc) is 3.13. The Morgan fingerprint density at radius 2 is 1.88 bits per heavy atom. The van der Waals surface area contributed by atoms with E-state index in [1.807, 2.05) is 13.0 Å². The molecule has 4 amide bonds. The van der Waals surface area contributed by atoms with Crippen LogP contribution in [0.15, 0.2) is 57.8 Å². The molecule has 0 atom stereocenters. The second kappa shape index (κ2) is 6.59. The highest BCUT2D eigenvalue weighted by Gasteiger charge is 2.45. The molecule has 0 N–H and O–H groups in total. The molecule has 0 radical (unpaired) electrons. The van der Waals surface area contributed by atoms with Gasteiger partial charge >= 0.3 is 17.8 Å². The Kier molecular flexibility index (Phi) is 4.46. The van der Waals surface area contributed by atoms with E-state index >= 15 is 0 Å². The summed E-state index contributed by atoms with van der Waals surface area (Å²) in [4.78, 5) is 50.8. The van der Waals surface area contributed by atoms with Crippen molar-refractivity contribution in [3.63, 3.8) is 0 Å². The standard InChI is InChI=1S/C19H18N2O5/c1-11-7-12(2)16(13(3)8-11)15(22)10-21-18(24)17(23)20(19(21)25)9-14-5-4-6-26-14/h4-6,8H,2,7,9-10H2,1,3H3. The highest BCUT2D eigenvalue weighted by Crippen LogP contribution is 2.29. The van der Waals surface area contributed by atoms with Crippen LogP contribution in [-0.2, 0) is 20.9 Å². The SMILES string of the molecule is C=C1CC(C)=CC(C)=C1C(=O)CN1C(=O)C(=O)N(Cc2ccco2)C1=O. The molecule has 0 saturated carbocycles. The lowest BCUT2D eigenvalue weighted by Gasteiger charge is -2.20. The fraction of sp³-hybridized carbons (Fsp3) is 0.263. The van der Waals surface area contributed by atoms with Gasteiger partial charge in [-0.3, -0.25) is 14.4 Å². The van der Waals surface area contributed by atoms with E-state index in [9.17, 15) is 19.2 Å². The summed E-state index contributed by atoms with van der Waals surface area (Å²) in [5.41, 5.74) is 2.87. The van der Waals surface area contributed by atoms with Crippen LogP contribution < -0.4 is 0 Å². The monoisotopic (exact) mass is 354 g/mol. The fourth-order valence-corrected chi connectivity index (χ4v) is 3.22. The van der Waals surface area contributed by atoms with Crippen molar-refractivity contribution in [2.75, 3.05) is 6.54 Å². The van der Waals surface area contributed by atoms with Crippen molar-refractivity contribution in [2.24, 2.45) is 0 Å². The van der Waals surface area contributed by atoms with Gasteiger partial charge in [-0.1, -0.05) is 18.2 Å². The summed E-state index contributed by atoms with van der Waals surface area (Å²) in [7, 11) is 0. The first kappa shape index (κ1) is 17.6. The molecule has 0 bridgehead atoms. The quantitative estimate of drug-likeness (QED) is 0.598. The minimum atomic E-state index is -1.01. The van der Waals surface area contributed by atoms with Crippen LogP contribution in [0.25, 0.3) is 0 Å². The molecule has 1 fully saturated rings. The van der Waals surface area contributed by atoms with Crippen LogP contribution in [0.5, 0.6) is 0 Å². The number of nitrogens with zero attached hydrogens (tertiary/aromatic N) is 2. The molecule has 1 aromatic heterocycles. The molecule has 134 valence electrons. The molecule has 2 heterocycles. The first-order valence-electron chi connectivity index (χ1n) is 8.08. The molecule has 7 heteroatoms. The number of Topliss-reactive ketones (excluding diaryl/α,β-unsaturated/α-hetero) is 1. The largest absolute Gasteiger partial charge is 0.467 e. The molecule has 0 unspecified atom stereocenters. The molecule has 3 rings (SSSR count). The lowest BCUT2D eigenvalue weighted by molar-refractivity contribution is -0.144. The highest BCUT2D eigenvalue weighted by atomic mass is 16.3. The van der Waals surface area contributed by atoms with Gasteiger partial charge in [0.2, 0.25) is 0 Å². The zero-order chi connectivity index (χ0) is 19.0. The number of urea groups is 1. The van der Waals surface area contributed by atoms with Crippen molar-refractivity contribution in [2.45, 2.75) is 26.8 Å². The van der Waals surface area contributed by atoms with Crippen LogP contribution in [0.1, 0.15) is 26.0 Å². The van der Waals surface area contributed by atoms with E-state index in [1.54, 1.807) is 19.1 Å². The number of carbonyl (C=O) groups is 4. The summed E-state index contributed by atoms with van der Waals surface area (Å²) in [6, 6.07) is 2.38. The number of hydrogen-bond donors (Lipinski definition) is 0. The maximum absolute atomic E-state index is 12.7. The number of imide groups is 2. The number of ketones is 1. The van der Waals surface area contributed by atoms with Gasteiger partial charge in [0.1, 0.15) is 5.76 Å². The Morgan fingerprint density at radius 1 is 1.19 bits per heavy atom. The van der Waals surface area contributed by atoms with Crippen LogP contribution >= 0.6 is 0 Å². The van der Waals surface area contributed by atoms with Crippen LogP contribution in [-0.4, -0.2) is 40.0 Å². The Balaban J connectivity index is 1.79. The van der Waals surface area contributed by atoms with Crippen molar-refractivity contribution >= 4 is 23.6 Å². The van der Waals surface area contributed by atoms with E-state index in [4.69, 9.17) is 4.42 Å². The molecule has 1 aromatic rings. The third-order valence-electron chi connectivity index (χ3n) is 4.31. The molecular formula is C19H18N2O5. The molecule has 1 aliphatic heterocycles. The van der Waals surface area contributed by atoms with E-state index in [2.05, 4.69) is 6.58 Å². The topological polar surface area (TPSA) is 87.9 Å².